The van der Waals surface area contributed by atoms with Gasteiger partial charge in [-0.2, -0.15) is 13.2 Å². The average molecular weight is 355 g/mol. The lowest BCUT2D eigenvalue weighted by molar-refractivity contribution is -0.137. The maximum Gasteiger partial charge on any atom is 0.390 e. The summed E-state index contributed by atoms with van der Waals surface area (Å²) in [5, 5.41) is 3.32. The van der Waals surface area contributed by atoms with Crippen LogP contribution in [0.4, 0.5) is 13.2 Å². The SMILES string of the molecule is O=C(c1cccc(Cl)c1Cl)N(CCC(F)(F)F)C1CCNC1. The predicted molar refractivity (Wildman–Crippen MR) is 79.4 cm³/mol. The molecule has 0 aliphatic carbocycles. The summed E-state index contributed by atoms with van der Waals surface area (Å²) in [5.41, 5.74) is 0.128. The number of carbonyl (C=O) groups excluding carboxylic acids is 1. The Hall–Kier alpha value is -0.980. The Morgan fingerprint density at radius 2 is 2.09 bits per heavy atom. The first kappa shape index (κ1) is 17.4. The highest BCUT2D eigenvalue weighted by atomic mass is 35.5. The monoisotopic (exact) mass is 354 g/mol. The molecule has 122 valence electrons. The molecule has 0 spiro atoms. The van der Waals surface area contributed by atoms with Gasteiger partial charge in [0.15, 0.2) is 0 Å². The molecule has 0 radical (unpaired) electrons. The van der Waals surface area contributed by atoms with E-state index in [1.165, 1.54) is 17.0 Å². The van der Waals surface area contributed by atoms with Gasteiger partial charge in [-0.3, -0.25) is 4.79 Å². The lowest BCUT2D eigenvalue weighted by atomic mass is 10.1. The molecule has 22 heavy (non-hydrogen) atoms. The van der Waals surface area contributed by atoms with Gasteiger partial charge in [0.25, 0.3) is 5.91 Å². The molecule has 1 amide bonds. The molecule has 1 N–H and O–H groups in total. The van der Waals surface area contributed by atoms with Crippen molar-refractivity contribution >= 4 is 29.1 Å². The molecule has 1 aromatic rings. The highest BCUT2D eigenvalue weighted by molar-refractivity contribution is 6.43. The fraction of sp³-hybridized carbons (Fsp3) is 0.500. The number of rotatable bonds is 4. The first-order valence-electron chi connectivity index (χ1n) is 6.82. The topological polar surface area (TPSA) is 32.3 Å². The molecule has 1 aliphatic heterocycles. The molecule has 1 heterocycles. The Balaban J connectivity index is 2.23. The molecular weight excluding hydrogens is 340 g/mol. The third kappa shape index (κ3) is 4.27. The molecule has 1 unspecified atom stereocenters. The van der Waals surface area contributed by atoms with Gasteiger partial charge in [0.2, 0.25) is 0 Å². The van der Waals surface area contributed by atoms with Crippen molar-refractivity contribution in [3.63, 3.8) is 0 Å². The molecule has 3 nitrogen and oxygen atoms in total. The molecule has 1 aromatic carbocycles. The summed E-state index contributed by atoms with van der Waals surface area (Å²) >= 11 is 11.9. The quantitative estimate of drug-likeness (QED) is 0.892. The fourth-order valence-corrected chi connectivity index (χ4v) is 2.81. The Labute approximate surface area is 136 Å². The van der Waals surface area contributed by atoms with Gasteiger partial charge in [-0.15, -0.1) is 0 Å². The summed E-state index contributed by atoms with van der Waals surface area (Å²) in [6.07, 6.45) is -4.75. The van der Waals surface area contributed by atoms with E-state index in [1.807, 2.05) is 0 Å². The van der Waals surface area contributed by atoms with E-state index in [2.05, 4.69) is 5.32 Å². The minimum Gasteiger partial charge on any atom is -0.334 e. The summed E-state index contributed by atoms with van der Waals surface area (Å²) in [4.78, 5) is 13.9. The molecule has 2 rings (SSSR count). The summed E-state index contributed by atoms with van der Waals surface area (Å²) in [7, 11) is 0. The largest absolute Gasteiger partial charge is 0.390 e. The average Bonchev–Trinajstić information content (AvgIpc) is 2.94. The Morgan fingerprint density at radius 1 is 1.36 bits per heavy atom. The second-order valence-electron chi connectivity index (χ2n) is 5.11. The van der Waals surface area contributed by atoms with Crippen LogP contribution in [0.2, 0.25) is 10.0 Å². The van der Waals surface area contributed by atoms with Crippen LogP contribution in [0.1, 0.15) is 23.2 Å². The van der Waals surface area contributed by atoms with Crippen molar-refractivity contribution in [3.05, 3.63) is 33.8 Å². The number of nitrogens with one attached hydrogen (secondary N) is 1. The van der Waals surface area contributed by atoms with Gasteiger partial charge in [0.05, 0.1) is 22.0 Å². The maximum absolute atomic E-state index is 12.6. The second-order valence-corrected chi connectivity index (χ2v) is 5.90. The Kier molecular flexibility index (Phi) is 5.58. The Morgan fingerprint density at radius 3 is 2.68 bits per heavy atom. The van der Waals surface area contributed by atoms with Gasteiger partial charge in [0, 0.05) is 19.1 Å². The van der Waals surface area contributed by atoms with Crippen LogP contribution >= 0.6 is 23.2 Å². The van der Waals surface area contributed by atoms with Gasteiger partial charge in [-0.25, -0.2) is 0 Å². The molecule has 1 saturated heterocycles. The molecule has 0 aromatic heterocycles. The fourth-order valence-electron chi connectivity index (χ4n) is 2.43. The van der Waals surface area contributed by atoms with Crippen molar-refractivity contribution < 1.29 is 18.0 Å². The lowest BCUT2D eigenvalue weighted by Gasteiger charge is -2.29. The van der Waals surface area contributed by atoms with E-state index in [4.69, 9.17) is 23.2 Å². The maximum atomic E-state index is 12.6. The van der Waals surface area contributed by atoms with E-state index < -0.39 is 25.0 Å². The minimum atomic E-state index is -4.32. The van der Waals surface area contributed by atoms with E-state index in [9.17, 15) is 18.0 Å². The zero-order valence-electron chi connectivity index (χ0n) is 11.6. The van der Waals surface area contributed by atoms with Crippen LogP contribution in [0.15, 0.2) is 18.2 Å². The standard InChI is InChI=1S/C14H15Cl2F3N2O/c15-11-3-1-2-10(12(11)16)13(22)21(7-5-14(17,18)19)9-4-6-20-8-9/h1-3,9,20H,4-8H2. The van der Waals surface area contributed by atoms with E-state index in [-0.39, 0.29) is 21.7 Å². The third-order valence-electron chi connectivity index (χ3n) is 3.55. The van der Waals surface area contributed by atoms with Gasteiger partial charge in [-0.05, 0) is 25.1 Å². The number of nitrogens with zero attached hydrogens (tertiary/aromatic N) is 1. The van der Waals surface area contributed by atoms with Crippen molar-refractivity contribution in [2.45, 2.75) is 25.1 Å². The van der Waals surface area contributed by atoms with Crippen molar-refractivity contribution in [3.8, 4) is 0 Å². The van der Waals surface area contributed by atoms with E-state index >= 15 is 0 Å². The van der Waals surface area contributed by atoms with E-state index in [0.29, 0.717) is 19.5 Å². The number of hydrogen-bond acceptors (Lipinski definition) is 2. The van der Waals surface area contributed by atoms with Gasteiger partial charge in [-0.1, -0.05) is 29.3 Å². The normalized spacial score (nSPS) is 18.5. The van der Waals surface area contributed by atoms with Crippen LogP contribution in [0.25, 0.3) is 0 Å². The van der Waals surface area contributed by atoms with Crippen LogP contribution in [0.5, 0.6) is 0 Å². The number of halogens is 5. The summed E-state index contributed by atoms with van der Waals surface area (Å²) in [6.45, 7) is 0.753. The third-order valence-corrected chi connectivity index (χ3v) is 4.37. The molecule has 1 fully saturated rings. The smallest absolute Gasteiger partial charge is 0.334 e. The van der Waals surface area contributed by atoms with Crippen LogP contribution in [0, 0.1) is 0 Å². The van der Waals surface area contributed by atoms with E-state index in [1.54, 1.807) is 6.07 Å². The Bertz CT molecular complexity index is 545. The minimum absolute atomic E-state index is 0.0668. The summed E-state index contributed by atoms with van der Waals surface area (Å²) in [6, 6.07) is 4.28. The van der Waals surface area contributed by atoms with Gasteiger partial charge >= 0.3 is 6.18 Å². The second kappa shape index (κ2) is 7.06. The summed E-state index contributed by atoms with van der Waals surface area (Å²) < 4.78 is 37.5. The van der Waals surface area contributed by atoms with Crippen molar-refractivity contribution in [1.29, 1.82) is 0 Å². The molecule has 1 aliphatic rings. The van der Waals surface area contributed by atoms with Crippen molar-refractivity contribution in [2.24, 2.45) is 0 Å². The molecule has 0 bridgehead atoms. The number of carbonyl (C=O) groups is 1. The van der Waals surface area contributed by atoms with Gasteiger partial charge < -0.3 is 10.2 Å². The van der Waals surface area contributed by atoms with Crippen LogP contribution < -0.4 is 5.32 Å². The number of alkyl halides is 3. The molecule has 8 heteroatoms. The number of amides is 1. The highest BCUT2D eigenvalue weighted by Crippen LogP contribution is 2.28. The highest BCUT2D eigenvalue weighted by Gasteiger charge is 2.33. The van der Waals surface area contributed by atoms with Crippen molar-refractivity contribution in [2.75, 3.05) is 19.6 Å². The first-order chi connectivity index (χ1) is 10.3. The molecule has 0 saturated carbocycles. The van der Waals surface area contributed by atoms with Crippen molar-refractivity contribution in [1.82, 2.24) is 10.2 Å². The number of hydrogen-bond donors (Lipinski definition) is 1. The van der Waals surface area contributed by atoms with Crippen LogP contribution in [0.3, 0.4) is 0 Å². The number of benzene rings is 1. The zero-order valence-corrected chi connectivity index (χ0v) is 13.1. The lowest BCUT2D eigenvalue weighted by Crippen LogP contribution is -2.43. The first-order valence-corrected chi connectivity index (χ1v) is 7.57. The van der Waals surface area contributed by atoms with E-state index in [0.717, 1.165) is 0 Å². The molecular formula is C14H15Cl2F3N2O. The van der Waals surface area contributed by atoms with Crippen LogP contribution in [-0.4, -0.2) is 42.7 Å². The van der Waals surface area contributed by atoms with Crippen LogP contribution in [-0.2, 0) is 0 Å². The van der Waals surface area contributed by atoms with Gasteiger partial charge in [0.1, 0.15) is 0 Å². The predicted octanol–water partition coefficient (Wildman–Crippen LogP) is 3.75. The molecule has 1 atom stereocenters. The zero-order chi connectivity index (χ0) is 16.3. The summed E-state index contributed by atoms with van der Waals surface area (Å²) in [5.74, 6) is -0.523.